The Morgan fingerprint density at radius 2 is 2.04 bits per heavy atom. The summed E-state index contributed by atoms with van der Waals surface area (Å²) in [6.07, 6.45) is 2.30. The summed E-state index contributed by atoms with van der Waals surface area (Å²) in [5.41, 5.74) is 3.79. The summed E-state index contributed by atoms with van der Waals surface area (Å²) in [5, 5.41) is 0. The maximum absolute atomic E-state index is 12.9. The molecule has 1 aromatic carbocycles. The smallest absolute Gasteiger partial charge is 0.229 e. The molecule has 0 atom stereocenters. The van der Waals surface area contributed by atoms with E-state index in [2.05, 4.69) is 4.98 Å². The predicted molar refractivity (Wildman–Crippen MR) is 91.0 cm³/mol. The third kappa shape index (κ3) is 2.62. The molecule has 0 spiro atoms. The fraction of sp³-hybridized carbons (Fsp3) is 0.263. The second-order valence-corrected chi connectivity index (χ2v) is 6.02. The van der Waals surface area contributed by atoms with Crippen molar-refractivity contribution >= 4 is 11.6 Å². The minimum absolute atomic E-state index is 0.101. The van der Waals surface area contributed by atoms with Gasteiger partial charge in [0.1, 0.15) is 18.0 Å². The molecular weight excluding hydrogens is 302 g/mol. The van der Waals surface area contributed by atoms with Crippen molar-refractivity contribution in [1.29, 1.82) is 0 Å². The second-order valence-electron chi connectivity index (χ2n) is 6.02. The molecule has 1 aliphatic rings. The van der Waals surface area contributed by atoms with Crippen molar-refractivity contribution in [3.63, 3.8) is 0 Å². The van der Waals surface area contributed by atoms with Crippen LogP contribution >= 0.6 is 0 Å². The number of hydrogen-bond acceptors (Lipinski definition) is 3. The number of fused-ring (bicyclic) bond motifs is 2. The number of rotatable bonds is 2. The Hall–Kier alpha value is -2.82. The lowest BCUT2D eigenvalue weighted by Crippen LogP contribution is -2.34. The minimum atomic E-state index is 0.101. The van der Waals surface area contributed by atoms with E-state index in [1.807, 2.05) is 64.9 Å². The first kappa shape index (κ1) is 14.8. The average molecular weight is 321 g/mol. The van der Waals surface area contributed by atoms with Gasteiger partial charge in [-0.05, 0) is 25.1 Å². The van der Waals surface area contributed by atoms with Crippen LogP contribution in [0.25, 0.3) is 5.65 Å². The van der Waals surface area contributed by atoms with Crippen molar-refractivity contribution in [3.05, 3.63) is 65.6 Å². The van der Waals surface area contributed by atoms with Crippen LogP contribution in [0, 0.1) is 6.92 Å². The topological polar surface area (TPSA) is 46.8 Å². The number of aromatic nitrogens is 2. The molecule has 0 radical (unpaired) electrons. The van der Waals surface area contributed by atoms with Gasteiger partial charge in [0.15, 0.2) is 0 Å². The Morgan fingerprint density at radius 1 is 1.21 bits per heavy atom. The molecule has 0 aliphatic carbocycles. The van der Waals surface area contributed by atoms with Crippen LogP contribution in [-0.2, 0) is 17.8 Å². The number of aryl methyl sites for hydroxylation is 1. The Labute approximate surface area is 140 Å². The number of imidazole rings is 1. The van der Waals surface area contributed by atoms with Gasteiger partial charge < -0.3 is 14.0 Å². The van der Waals surface area contributed by atoms with E-state index < -0.39 is 0 Å². The third-order valence-electron chi connectivity index (χ3n) is 4.45. The lowest BCUT2D eigenvalue weighted by molar-refractivity contribution is -0.131. The molecule has 0 bridgehead atoms. The third-order valence-corrected chi connectivity index (χ3v) is 4.45. The molecule has 0 unspecified atom stereocenters. The summed E-state index contributed by atoms with van der Waals surface area (Å²) in [6, 6.07) is 13.8. The van der Waals surface area contributed by atoms with Gasteiger partial charge in [0, 0.05) is 18.3 Å². The fourth-order valence-electron chi connectivity index (χ4n) is 3.17. The lowest BCUT2D eigenvalue weighted by Gasteiger charge is -2.20. The Morgan fingerprint density at radius 3 is 2.96 bits per heavy atom. The van der Waals surface area contributed by atoms with Crippen LogP contribution in [0.1, 0.15) is 17.0 Å². The number of amides is 1. The first-order valence-corrected chi connectivity index (χ1v) is 8.13. The number of benzene rings is 1. The molecule has 3 aromatic rings. The summed E-state index contributed by atoms with van der Waals surface area (Å²) in [5.74, 6) is 0.975. The molecule has 2 aromatic heterocycles. The van der Waals surface area contributed by atoms with Gasteiger partial charge >= 0.3 is 0 Å². The average Bonchev–Trinajstić information content (AvgIpc) is 2.78. The zero-order valence-electron chi connectivity index (χ0n) is 13.6. The van der Waals surface area contributed by atoms with Crippen molar-refractivity contribution < 1.29 is 9.53 Å². The van der Waals surface area contributed by atoms with Gasteiger partial charge in [0.25, 0.3) is 0 Å². The number of ether oxygens (including phenoxy) is 1. The number of para-hydroxylation sites is 1. The summed E-state index contributed by atoms with van der Waals surface area (Å²) in [4.78, 5) is 19.3. The summed E-state index contributed by atoms with van der Waals surface area (Å²) in [6.45, 7) is 3.67. The van der Waals surface area contributed by atoms with Gasteiger partial charge in [-0.3, -0.25) is 4.79 Å². The molecule has 0 saturated carbocycles. The molecule has 1 aliphatic heterocycles. The van der Waals surface area contributed by atoms with Gasteiger partial charge in [-0.25, -0.2) is 4.98 Å². The number of carbonyl (C=O) groups excluding carboxylic acids is 1. The predicted octanol–water partition coefficient (Wildman–Crippen LogP) is 2.61. The van der Waals surface area contributed by atoms with Gasteiger partial charge in [-0.15, -0.1) is 0 Å². The summed E-state index contributed by atoms with van der Waals surface area (Å²) in [7, 11) is 0. The molecule has 5 nitrogen and oxygen atoms in total. The van der Waals surface area contributed by atoms with Crippen LogP contribution in [0.3, 0.4) is 0 Å². The molecule has 122 valence electrons. The first-order chi connectivity index (χ1) is 11.7. The maximum Gasteiger partial charge on any atom is 0.229 e. The number of carbonyl (C=O) groups is 1. The standard InChI is InChI=1S/C19H19N3O2/c1-14-16(22-9-5-4-8-18(22)20-14)12-19(23)21-10-11-24-17-7-3-2-6-15(17)13-21/h2-9H,10-13H2,1H3. The molecule has 3 heterocycles. The van der Waals surface area contributed by atoms with Crippen molar-refractivity contribution in [3.8, 4) is 5.75 Å². The molecule has 5 heteroatoms. The van der Waals surface area contributed by atoms with Gasteiger partial charge in [0.05, 0.1) is 24.4 Å². The summed E-state index contributed by atoms with van der Waals surface area (Å²) < 4.78 is 7.74. The molecule has 4 rings (SSSR count). The van der Waals surface area contributed by atoms with Crippen LogP contribution in [0.15, 0.2) is 48.7 Å². The molecule has 24 heavy (non-hydrogen) atoms. The van der Waals surface area contributed by atoms with E-state index in [0.717, 1.165) is 28.3 Å². The molecule has 1 amide bonds. The Balaban J connectivity index is 1.59. The quantitative estimate of drug-likeness (QED) is 0.729. The molecule has 0 saturated heterocycles. The van der Waals surface area contributed by atoms with Crippen molar-refractivity contribution in [2.45, 2.75) is 19.9 Å². The van der Waals surface area contributed by atoms with Crippen LogP contribution in [0.5, 0.6) is 5.75 Å². The highest BCUT2D eigenvalue weighted by molar-refractivity contribution is 5.79. The van der Waals surface area contributed by atoms with E-state index >= 15 is 0 Å². The molecular formula is C19H19N3O2. The first-order valence-electron chi connectivity index (χ1n) is 8.13. The largest absolute Gasteiger partial charge is 0.491 e. The molecule has 0 N–H and O–H groups in total. The van der Waals surface area contributed by atoms with Crippen LogP contribution in [-0.4, -0.2) is 33.3 Å². The highest BCUT2D eigenvalue weighted by atomic mass is 16.5. The zero-order valence-corrected chi connectivity index (χ0v) is 13.6. The van der Waals surface area contributed by atoms with E-state index in [-0.39, 0.29) is 5.91 Å². The Bertz CT molecular complexity index is 901. The fourth-order valence-corrected chi connectivity index (χ4v) is 3.17. The molecule has 0 fully saturated rings. The number of nitrogens with zero attached hydrogens (tertiary/aromatic N) is 3. The van der Waals surface area contributed by atoms with E-state index in [9.17, 15) is 4.79 Å². The van der Waals surface area contributed by atoms with E-state index in [4.69, 9.17) is 4.74 Å². The maximum atomic E-state index is 12.9. The monoisotopic (exact) mass is 321 g/mol. The van der Waals surface area contributed by atoms with Gasteiger partial charge in [-0.2, -0.15) is 0 Å². The van der Waals surface area contributed by atoms with Crippen molar-refractivity contribution in [2.75, 3.05) is 13.2 Å². The number of hydrogen-bond donors (Lipinski definition) is 0. The Kier molecular flexibility index (Phi) is 3.69. The van der Waals surface area contributed by atoms with E-state index in [1.54, 1.807) is 0 Å². The van der Waals surface area contributed by atoms with E-state index in [0.29, 0.717) is 26.1 Å². The zero-order chi connectivity index (χ0) is 16.5. The van der Waals surface area contributed by atoms with Crippen molar-refractivity contribution in [1.82, 2.24) is 14.3 Å². The minimum Gasteiger partial charge on any atom is -0.491 e. The normalized spacial score (nSPS) is 14.1. The van der Waals surface area contributed by atoms with Crippen LogP contribution in [0.2, 0.25) is 0 Å². The lowest BCUT2D eigenvalue weighted by atomic mass is 10.1. The van der Waals surface area contributed by atoms with Crippen LogP contribution in [0.4, 0.5) is 0 Å². The summed E-state index contributed by atoms with van der Waals surface area (Å²) >= 11 is 0. The van der Waals surface area contributed by atoms with Crippen LogP contribution < -0.4 is 4.74 Å². The SMILES string of the molecule is Cc1nc2ccccn2c1CC(=O)N1CCOc2ccccc2C1. The second kappa shape index (κ2) is 6.00. The van der Waals surface area contributed by atoms with Gasteiger partial charge in [0.2, 0.25) is 5.91 Å². The van der Waals surface area contributed by atoms with E-state index in [1.165, 1.54) is 0 Å². The highest BCUT2D eigenvalue weighted by Gasteiger charge is 2.21. The van der Waals surface area contributed by atoms with Crippen molar-refractivity contribution in [2.24, 2.45) is 0 Å². The van der Waals surface area contributed by atoms with Gasteiger partial charge in [-0.1, -0.05) is 24.3 Å². The highest BCUT2D eigenvalue weighted by Crippen LogP contribution is 2.23. The number of pyridine rings is 1.